The fraction of sp³-hybridized carbons (Fsp3) is 0.200. The third kappa shape index (κ3) is 4.05. The average Bonchev–Trinajstić information content (AvgIpc) is 2.58. The second kappa shape index (κ2) is 7.49. The maximum absolute atomic E-state index is 4.43. The molecule has 0 unspecified atom stereocenters. The number of hydrogen-bond acceptors (Lipinski definition) is 3. The Morgan fingerprint density at radius 3 is 2.21 bits per heavy atom. The molecule has 0 fully saturated rings. The van der Waals surface area contributed by atoms with Crippen LogP contribution in [0.2, 0.25) is 0 Å². The second-order valence-electron chi connectivity index (χ2n) is 5.92. The predicted octanol–water partition coefficient (Wildman–Crippen LogP) is 6.12. The van der Waals surface area contributed by atoms with Gasteiger partial charge in [-0.3, -0.25) is 0 Å². The summed E-state index contributed by atoms with van der Waals surface area (Å²) in [5, 5.41) is 9.76. The van der Waals surface area contributed by atoms with E-state index in [1.807, 2.05) is 0 Å². The third-order valence-electron chi connectivity index (χ3n) is 4.06. The van der Waals surface area contributed by atoms with E-state index in [4.69, 9.17) is 0 Å². The zero-order valence-electron chi connectivity index (χ0n) is 14.0. The first kappa shape index (κ1) is 17.2. The minimum Gasteiger partial charge on any atom is -0.149 e. The van der Waals surface area contributed by atoms with Gasteiger partial charge in [0.15, 0.2) is 0 Å². The van der Waals surface area contributed by atoms with Crippen LogP contribution in [0.15, 0.2) is 58.0 Å². The van der Waals surface area contributed by atoms with E-state index < -0.39 is 0 Å². The van der Waals surface area contributed by atoms with Gasteiger partial charge in [0.25, 0.3) is 0 Å². The molecule has 0 atom stereocenters. The third-order valence-corrected chi connectivity index (χ3v) is 5.58. The van der Waals surface area contributed by atoms with Gasteiger partial charge in [-0.15, -0.1) is 10.2 Å². The van der Waals surface area contributed by atoms with Crippen molar-refractivity contribution >= 4 is 27.7 Å². The summed E-state index contributed by atoms with van der Waals surface area (Å²) in [6, 6.07) is 16.9. The number of benzene rings is 2. The summed E-state index contributed by atoms with van der Waals surface area (Å²) in [6.45, 7) is 6.40. The molecule has 24 heavy (non-hydrogen) atoms. The number of aryl methyl sites for hydroxylation is 3. The topological polar surface area (TPSA) is 25.8 Å². The zero-order chi connectivity index (χ0) is 17.1. The van der Waals surface area contributed by atoms with E-state index in [0.29, 0.717) is 0 Å². The molecule has 0 aliphatic carbocycles. The Hall–Kier alpha value is -1.65. The van der Waals surface area contributed by atoms with Crippen LogP contribution in [-0.4, -0.2) is 10.2 Å². The Morgan fingerprint density at radius 2 is 1.54 bits per heavy atom. The van der Waals surface area contributed by atoms with Crippen LogP contribution in [0, 0.1) is 20.8 Å². The lowest BCUT2D eigenvalue weighted by Gasteiger charge is -2.09. The van der Waals surface area contributed by atoms with Crippen molar-refractivity contribution in [2.24, 2.45) is 0 Å². The summed E-state index contributed by atoms with van der Waals surface area (Å²) in [5.74, 6) is 0.893. The number of hydrogen-bond donors (Lipinski definition) is 0. The zero-order valence-corrected chi connectivity index (χ0v) is 16.4. The quantitative estimate of drug-likeness (QED) is 0.494. The fourth-order valence-electron chi connectivity index (χ4n) is 2.52. The van der Waals surface area contributed by atoms with Crippen molar-refractivity contribution in [2.75, 3.05) is 0 Å². The molecular formula is C20H19BrN2S. The first-order valence-corrected chi connectivity index (χ1v) is 9.60. The molecular weight excluding hydrogens is 380 g/mol. The van der Waals surface area contributed by atoms with Gasteiger partial charge in [0, 0.05) is 15.8 Å². The number of halogens is 1. The van der Waals surface area contributed by atoms with Crippen molar-refractivity contribution in [1.82, 2.24) is 10.2 Å². The minimum absolute atomic E-state index is 0.893. The van der Waals surface area contributed by atoms with Crippen LogP contribution in [0.25, 0.3) is 11.3 Å². The van der Waals surface area contributed by atoms with Crippen molar-refractivity contribution in [3.8, 4) is 11.3 Å². The summed E-state index contributed by atoms with van der Waals surface area (Å²) in [5.41, 5.74) is 7.21. The predicted molar refractivity (Wildman–Crippen MR) is 105 cm³/mol. The highest BCUT2D eigenvalue weighted by molar-refractivity contribution is 9.10. The van der Waals surface area contributed by atoms with Crippen LogP contribution in [0.3, 0.4) is 0 Å². The molecule has 122 valence electrons. The summed E-state index contributed by atoms with van der Waals surface area (Å²) < 4.78 is 1.10. The van der Waals surface area contributed by atoms with Gasteiger partial charge in [0.1, 0.15) is 5.03 Å². The fourth-order valence-corrected chi connectivity index (χ4v) is 3.55. The summed E-state index contributed by atoms with van der Waals surface area (Å²) in [7, 11) is 0. The van der Waals surface area contributed by atoms with Crippen molar-refractivity contribution in [1.29, 1.82) is 0 Å². The van der Waals surface area contributed by atoms with Crippen molar-refractivity contribution < 1.29 is 0 Å². The first-order valence-electron chi connectivity index (χ1n) is 7.82. The van der Waals surface area contributed by atoms with Gasteiger partial charge in [0.05, 0.1) is 5.69 Å². The molecule has 0 saturated carbocycles. The lowest BCUT2D eigenvalue weighted by atomic mass is 9.99. The Kier molecular flexibility index (Phi) is 5.36. The van der Waals surface area contributed by atoms with E-state index in [-0.39, 0.29) is 0 Å². The van der Waals surface area contributed by atoms with Gasteiger partial charge in [-0.25, -0.2) is 0 Å². The Labute approximate surface area is 155 Å². The van der Waals surface area contributed by atoms with E-state index in [9.17, 15) is 0 Å². The van der Waals surface area contributed by atoms with Crippen LogP contribution in [-0.2, 0) is 5.75 Å². The summed E-state index contributed by atoms with van der Waals surface area (Å²) in [4.78, 5) is 0. The average molecular weight is 399 g/mol. The first-order chi connectivity index (χ1) is 11.5. The minimum atomic E-state index is 0.893. The maximum Gasteiger partial charge on any atom is 0.119 e. The molecule has 0 N–H and O–H groups in total. The van der Waals surface area contributed by atoms with Crippen molar-refractivity contribution in [2.45, 2.75) is 31.6 Å². The van der Waals surface area contributed by atoms with Gasteiger partial charge < -0.3 is 0 Å². The van der Waals surface area contributed by atoms with Gasteiger partial charge in [-0.1, -0.05) is 45.9 Å². The molecule has 0 spiro atoms. The molecule has 0 saturated heterocycles. The number of aromatic nitrogens is 2. The molecule has 3 aromatic rings. The van der Waals surface area contributed by atoms with Crippen LogP contribution in [0.5, 0.6) is 0 Å². The van der Waals surface area contributed by atoms with Crippen LogP contribution in [0.1, 0.15) is 22.3 Å². The molecule has 0 radical (unpaired) electrons. The molecule has 1 aromatic heterocycles. The largest absolute Gasteiger partial charge is 0.149 e. The van der Waals surface area contributed by atoms with Crippen LogP contribution in [0.4, 0.5) is 0 Å². The summed E-state index contributed by atoms with van der Waals surface area (Å²) >= 11 is 5.16. The Bertz CT molecular complexity index is 843. The van der Waals surface area contributed by atoms with Gasteiger partial charge >= 0.3 is 0 Å². The smallest absolute Gasteiger partial charge is 0.119 e. The molecule has 0 bridgehead atoms. The molecule has 2 aromatic carbocycles. The SMILES string of the molecule is Cc1cc(C)c(-c2ccc(SCc3ccc(Br)cc3)nn2)cc1C. The second-order valence-corrected chi connectivity index (χ2v) is 7.83. The van der Waals surface area contributed by atoms with Crippen LogP contribution < -0.4 is 0 Å². The van der Waals surface area contributed by atoms with Gasteiger partial charge in [-0.2, -0.15) is 0 Å². The Morgan fingerprint density at radius 1 is 0.833 bits per heavy atom. The van der Waals surface area contributed by atoms with Crippen molar-refractivity contribution in [3.63, 3.8) is 0 Å². The molecule has 0 amide bonds. The summed E-state index contributed by atoms with van der Waals surface area (Å²) in [6.07, 6.45) is 0. The molecule has 0 aliphatic rings. The highest BCUT2D eigenvalue weighted by atomic mass is 79.9. The normalized spacial score (nSPS) is 10.8. The van der Waals surface area contributed by atoms with E-state index >= 15 is 0 Å². The molecule has 0 aliphatic heterocycles. The molecule has 1 heterocycles. The standard InChI is InChI=1S/C20H19BrN2S/c1-13-10-15(3)18(11-14(13)2)19-8-9-20(23-22-19)24-12-16-4-6-17(21)7-5-16/h4-11H,12H2,1-3H3. The van der Waals surface area contributed by atoms with Gasteiger partial charge in [0.2, 0.25) is 0 Å². The number of rotatable bonds is 4. The highest BCUT2D eigenvalue weighted by Crippen LogP contribution is 2.27. The lowest BCUT2D eigenvalue weighted by molar-refractivity contribution is 0.934. The van der Waals surface area contributed by atoms with E-state index in [0.717, 1.165) is 26.5 Å². The molecule has 3 rings (SSSR count). The monoisotopic (exact) mass is 398 g/mol. The van der Waals surface area contributed by atoms with Gasteiger partial charge in [-0.05, 0) is 73.4 Å². The van der Waals surface area contributed by atoms with Crippen molar-refractivity contribution in [3.05, 3.63) is 75.3 Å². The van der Waals surface area contributed by atoms with E-state index in [1.54, 1.807) is 11.8 Å². The molecule has 2 nitrogen and oxygen atoms in total. The molecule has 4 heteroatoms. The number of thioether (sulfide) groups is 1. The maximum atomic E-state index is 4.43. The van der Waals surface area contributed by atoms with E-state index in [1.165, 1.54) is 22.3 Å². The Balaban J connectivity index is 1.73. The van der Waals surface area contributed by atoms with E-state index in [2.05, 4.69) is 95.4 Å². The lowest BCUT2D eigenvalue weighted by Crippen LogP contribution is -1.94. The number of nitrogens with zero attached hydrogens (tertiary/aromatic N) is 2. The highest BCUT2D eigenvalue weighted by Gasteiger charge is 2.07. The van der Waals surface area contributed by atoms with Crippen LogP contribution >= 0.6 is 27.7 Å².